The van der Waals surface area contributed by atoms with Gasteiger partial charge in [0, 0.05) is 37.6 Å². The second-order valence-corrected chi connectivity index (χ2v) is 8.71. The molecule has 148 valence electrons. The molecule has 7 nitrogen and oxygen atoms in total. The molecule has 1 aliphatic rings. The highest BCUT2D eigenvalue weighted by Gasteiger charge is 2.27. The Morgan fingerprint density at radius 3 is 2.00 bits per heavy atom. The maximum atomic E-state index is 12.4. The Hall–Kier alpha value is -2.87. The van der Waals surface area contributed by atoms with E-state index in [9.17, 15) is 18.0 Å². The number of hydrogen-bond acceptors (Lipinski definition) is 5. The van der Waals surface area contributed by atoms with Gasteiger partial charge in [-0.05, 0) is 24.3 Å². The van der Waals surface area contributed by atoms with Crippen molar-refractivity contribution in [1.29, 1.82) is 0 Å². The second kappa shape index (κ2) is 8.88. The number of anilines is 2. The summed E-state index contributed by atoms with van der Waals surface area (Å²) >= 11 is 0. The highest BCUT2D eigenvalue weighted by atomic mass is 32.2. The molecule has 3 rings (SSSR count). The van der Waals surface area contributed by atoms with E-state index in [1.165, 1.54) is 0 Å². The van der Waals surface area contributed by atoms with Gasteiger partial charge in [0.15, 0.2) is 9.84 Å². The van der Waals surface area contributed by atoms with Crippen LogP contribution in [0.15, 0.2) is 60.7 Å². The molecule has 1 fully saturated rings. The fourth-order valence-electron chi connectivity index (χ4n) is 3.10. The largest absolute Gasteiger partial charge is 0.368 e. The van der Waals surface area contributed by atoms with Gasteiger partial charge >= 0.3 is 0 Å². The average Bonchev–Trinajstić information content (AvgIpc) is 2.68. The minimum atomic E-state index is -3.83. The Morgan fingerprint density at radius 2 is 1.39 bits per heavy atom. The van der Waals surface area contributed by atoms with Gasteiger partial charge in [0.05, 0.1) is 0 Å². The minimum absolute atomic E-state index is 0.458. The quantitative estimate of drug-likeness (QED) is 0.790. The van der Waals surface area contributed by atoms with Crippen molar-refractivity contribution in [2.24, 2.45) is 0 Å². The van der Waals surface area contributed by atoms with E-state index < -0.39 is 33.2 Å². The van der Waals surface area contributed by atoms with E-state index in [0.29, 0.717) is 31.9 Å². The van der Waals surface area contributed by atoms with E-state index >= 15 is 0 Å². The van der Waals surface area contributed by atoms with Crippen LogP contribution in [0.25, 0.3) is 0 Å². The number of carbonyl (C=O) groups is 2. The first-order valence-electron chi connectivity index (χ1n) is 9.06. The molecule has 1 saturated heterocycles. The number of amides is 2. The van der Waals surface area contributed by atoms with E-state index in [-0.39, 0.29) is 0 Å². The molecule has 0 bridgehead atoms. The molecule has 0 radical (unpaired) electrons. The zero-order chi connectivity index (χ0) is 20.0. The molecule has 1 aliphatic heterocycles. The number of benzene rings is 2. The summed E-state index contributed by atoms with van der Waals surface area (Å²) in [5.74, 6) is -2.47. The molecular formula is C20H23N3O4S. The molecule has 0 spiro atoms. The topological polar surface area (TPSA) is 86.8 Å². The summed E-state index contributed by atoms with van der Waals surface area (Å²) < 4.78 is 24.5. The summed E-state index contributed by atoms with van der Waals surface area (Å²) in [6.45, 7) is 2.20. The van der Waals surface area contributed by atoms with Gasteiger partial charge in [-0.25, -0.2) is 8.42 Å². The highest BCUT2D eigenvalue weighted by molar-refractivity contribution is 7.92. The Kier molecular flexibility index (Phi) is 6.30. The first kappa shape index (κ1) is 19.9. The molecule has 28 heavy (non-hydrogen) atoms. The van der Waals surface area contributed by atoms with Crippen LogP contribution in [0.1, 0.15) is 0 Å². The molecule has 0 aromatic heterocycles. The Labute approximate surface area is 164 Å². The van der Waals surface area contributed by atoms with Crippen molar-refractivity contribution in [2.75, 3.05) is 47.9 Å². The number of piperazine rings is 1. The third-order valence-electron chi connectivity index (χ3n) is 4.51. The summed E-state index contributed by atoms with van der Waals surface area (Å²) in [7, 11) is -3.83. The molecule has 1 N–H and O–H groups in total. The maximum absolute atomic E-state index is 12.4. The van der Waals surface area contributed by atoms with Gasteiger partial charge in [-0.15, -0.1) is 0 Å². The Morgan fingerprint density at radius 1 is 0.821 bits per heavy atom. The van der Waals surface area contributed by atoms with E-state index in [1.807, 2.05) is 30.3 Å². The van der Waals surface area contributed by atoms with Crippen LogP contribution in [0.5, 0.6) is 0 Å². The van der Waals surface area contributed by atoms with Gasteiger partial charge in [0.25, 0.3) is 0 Å². The first-order valence-corrected chi connectivity index (χ1v) is 10.9. The van der Waals surface area contributed by atoms with Crippen molar-refractivity contribution in [3.63, 3.8) is 0 Å². The maximum Gasteiger partial charge on any atom is 0.239 e. The predicted molar refractivity (Wildman–Crippen MR) is 109 cm³/mol. The predicted octanol–water partition coefficient (Wildman–Crippen LogP) is 1.39. The van der Waals surface area contributed by atoms with Crippen LogP contribution in [-0.4, -0.2) is 62.8 Å². The smallest absolute Gasteiger partial charge is 0.239 e. The van der Waals surface area contributed by atoms with Crippen LogP contribution >= 0.6 is 0 Å². The lowest BCUT2D eigenvalue weighted by Crippen LogP contribution is -2.50. The van der Waals surface area contributed by atoms with Gasteiger partial charge in [-0.1, -0.05) is 36.4 Å². The molecule has 0 unspecified atom stereocenters. The van der Waals surface area contributed by atoms with Crippen LogP contribution in [0.4, 0.5) is 11.4 Å². The van der Waals surface area contributed by atoms with Crippen molar-refractivity contribution in [2.45, 2.75) is 0 Å². The third-order valence-corrected chi connectivity index (χ3v) is 5.89. The van der Waals surface area contributed by atoms with Gasteiger partial charge in [-0.3, -0.25) is 9.59 Å². The number of nitrogens with zero attached hydrogens (tertiary/aromatic N) is 2. The number of nitrogens with one attached hydrogen (secondary N) is 1. The van der Waals surface area contributed by atoms with E-state index in [0.717, 1.165) is 5.69 Å². The third kappa shape index (κ3) is 5.56. The molecule has 0 aliphatic carbocycles. The minimum Gasteiger partial charge on any atom is -0.368 e. The van der Waals surface area contributed by atoms with Crippen molar-refractivity contribution in [1.82, 2.24) is 4.90 Å². The summed E-state index contributed by atoms with van der Waals surface area (Å²) in [6, 6.07) is 18.5. The lowest BCUT2D eigenvalue weighted by molar-refractivity contribution is -0.128. The zero-order valence-electron chi connectivity index (χ0n) is 15.5. The SMILES string of the molecule is O=C(CS(=O)(=O)CC(=O)N1CCN(c2ccccc2)CC1)Nc1ccccc1. The Bertz CT molecular complexity index is 909. The van der Waals surface area contributed by atoms with Crippen LogP contribution in [0.3, 0.4) is 0 Å². The molecule has 2 aromatic rings. The number of para-hydroxylation sites is 2. The molecular weight excluding hydrogens is 378 g/mol. The van der Waals surface area contributed by atoms with Crippen LogP contribution in [0.2, 0.25) is 0 Å². The molecule has 2 aromatic carbocycles. The molecule has 1 heterocycles. The summed E-state index contributed by atoms with van der Waals surface area (Å²) in [5, 5.41) is 2.53. The van der Waals surface area contributed by atoms with Crippen LogP contribution in [0, 0.1) is 0 Å². The number of rotatable bonds is 6. The molecule has 8 heteroatoms. The van der Waals surface area contributed by atoms with E-state index in [4.69, 9.17) is 0 Å². The van der Waals surface area contributed by atoms with Gasteiger partial charge in [0.1, 0.15) is 11.5 Å². The number of hydrogen-bond donors (Lipinski definition) is 1. The molecule has 0 atom stereocenters. The lowest BCUT2D eigenvalue weighted by atomic mass is 10.2. The van der Waals surface area contributed by atoms with Gasteiger partial charge in [0.2, 0.25) is 11.8 Å². The zero-order valence-corrected chi connectivity index (χ0v) is 16.3. The molecule has 0 saturated carbocycles. The number of carbonyl (C=O) groups excluding carboxylic acids is 2. The Balaban J connectivity index is 1.49. The summed E-state index contributed by atoms with van der Waals surface area (Å²) in [4.78, 5) is 28.1. The highest BCUT2D eigenvalue weighted by Crippen LogP contribution is 2.15. The van der Waals surface area contributed by atoms with Crippen molar-refractivity contribution < 1.29 is 18.0 Å². The normalized spacial score (nSPS) is 14.6. The fourth-order valence-corrected chi connectivity index (χ4v) is 4.23. The lowest BCUT2D eigenvalue weighted by Gasteiger charge is -2.36. The van der Waals surface area contributed by atoms with Gasteiger partial charge < -0.3 is 15.1 Å². The van der Waals surface area contributed by atoms with Crippen molar-refractivity contribution in [3.05, 3.63) is 60.7 Å². The van der Waals surface area contributed by atoms with Gasteiger partial charge in [-0.2, -0.15) is 0 Å². The number of sulfone groups is 1. The van der Waals surface area contributed by atoms with Crippen LogP contribution in [-0.2, 0) is 19.4 Å². The second-order valence-electron chi connectivity index (χ2n) is 6.65. The van der Waals surface area contributed by atoms with Crippen molar-refractivity contribution >= 4 is 33.0 Å². The van der Waals surface area contributed by atoms with Crippen molar-refractivity contribution in [3.8, 4) is 0 Å². The summed E-state index contributed by atoms with van der Waals surface area (Å²) in [5.41, 5.74) is 1.60. The molecule has 2 amide bonds. The summed E-state index contributed by atoms with van der Waals surface area (Å²) in [6.07, 6.45) is 0. The average molecular weight is 401 g/mol. The standard InChI is InChI=1S/C20H23N3O4S/c24-19(21-17-7-3-1-4-8-17)15-28(26,27)16-20(25)23-13-11-22(12-14-23)18-9-5-2-6-10-18/h1-10H,11-16H2,(H,21,24). The monoisotopic (exact) mass is 401 g/mol. The first-order chi connectivity index (χ1) is 13.4. The van der Waals surface area contributed by atoms with Crippen LogP contribution < -0.4 is 10.2 Å². The van der Waals surface area contributed by atoms with E-state index in [2.05, 4.69) is 10.2 Å². The van der Waals surface area contributed by atoms with E-state index in [1.54, 1.807) is 35.2 Å². The fraction of sp³-hybridized carbons (Fsp3) is 0.300.